The summed E-state index contributed by atoms with van der Waals surface area (Å²) >= 11 is 0. The van der Waals surface area contributed by atoms with E-state index in [1.54, 1.807) is 47.1 Å². The Morgan fingerprint density at radius 3 is 2.54 bits per heavy atom. The van der Waals surface area contributed by atoms with E-state index in [1.165, 1.54) is 0 Å². The standard InChI is InChI=1S/C26H26N6O3/c1-26(2,27)18-8-10-19(11-9-18)28-25(34)17-4-3-5-20(14-17)35-23-13-12-22-29-21(15-32(22)31-23)30-24(33)16-6-7-16/h3-5,8-16H,6-7,27H2,1-2H3,(H,28,34)(H,30,33). The topological polar surface area (TPSA) is 124 Å². The number of ether oxygens (including phenoxy) is 1. The Balaban J connectivity index is 1.27. The van der Waals surface area contributed by atoms with Crippen LogP contribution in [0.5, 0.6) is 11.6 Å². The van der Waals surface area contributed by atoms with Crippen molar-refractivity contribution in [2.24, 2.45) is 11.7 Å². The van der Waals surface area contributed by atoms with Gasteiger partial charge < -0.3 is 21.1 Å². The van der Waals surface area contributed by atoms with Crippen LogP contribution in [0.1, 0.15) is 42.6 Å². The molecule has 0 saturated heterocycles. The zero-order valence-electron chi connectivity index (χ0n) is 19.5. The average Bonchev–Trinajstić information content (AvgIpc) is 3.60. The van der Waals surface area contributed by atoms with E-state index in [2.05, 4.69) is 20.7 Å². The molecule has 1 fully saturated rings. The molecule has 2 amide bonds. The molecular formula is C26H26N6O3. The van der Waals surface area contributed by atoms with E-state index in [9.17, 15) is 9.59 Å². The van der Waals surface area contributed by atoms with Gasteiger partial charge in [-0.05, 0) is 68.7 Å². The lowest BCUT2D eigenvalue weighted by Crippen LogP contribution is -2.28. The van der Waals surface area contributed by atoms with E-state index < -0.39 is 5.54 Å². The molecule has 1 aliphatic carbocycles. The monoisotopic (exact) mass is 470 g/mol. The Hall–Kier alpha value is -4.24. The third-order valence-electron chi connectivity index (χ3n) is 5.70. The number of carbonyl (C=O) groups is 2. The van der Waals surface area contributed by atoms with E-state index >= 15 is 0 Å². The minimum absolute atomic E-state index is 0.0147. The molecule has 2 aromatic carbocycles. The quantitative estimate of drug-likeness (QED) is 0.370. The molecule has 2 heterocycles. The molecule has 0 bridgehead atoms. The number of nitrogens with two attached hydrogens (primary N) is 1. The number of amides is 2. The van der Waals surface area contributed by atoms with Crippen molar-refractivity contribution in [2.45, 2.75) is 32.2 Å². The molecule has 0 radical (unpaired) electrons. The largest absolute Gasteiger partial charge is 0.438 e. The second-order valence-corrected chi connectivity index (χ2v) is 9.25. The maximum Gasteiger partial charge on any atom is 0.255 e. The number of anilines is 2. The molecule has 0 unspecified atom stereocenters. The summed E-state index contributed by atoms with van der Waals surface area (Å²) in [7, 11) is 0. The number of hydrogen-bond acceptors (Lipinski definition) is 6. The van der Waals surface area contributed by atoms with E-state index in [-0.39, 0.29) is 17.7 Å². The van der Waals surface area contributed by atoms with Gasteiger partial charge in [-0.2, -0.15) is 0 Å². The van der Waals surface area contributed by atoms with Crippen molar-refractivity contribution in [3.8, 4) is 11.6 Å². The van der Waals surface area contributed by atoms with Crippen LogP contribution in [-0.4, -0.2) is 26.4 Å². The number of hydrogen-bond donors (Lipinski definition) is 3. The van der Waals surface area contributed by atoms with Gasteiger partial charge in [-0.1, -0.05) is 18.2 Å². The number of aromatic nitrogens is 3. The predicted molar refractivity (Wildman–Crippen MR) is 132 cm³/mol. The highest BCUT2D eigenvalue weighted by atomic mass is 16.5. The summed E-state index contributed by atoms with van der Waals surface area (Å²) in [4.78, 5) is 29.1. The van der Waals surface area contributed by atoms with Crippen LogP contribution < -0.4 is 21.1 Å². The second-order valence-electron chi connectivity index (χ2n) is 9.25. The van der Waals surface area contributed by atoms with Gasteiger partial charge in [-0.25, -0.2) is 9.50 Å². The van der Waals surface area contributed by atoms with Crippen molar-refractivity contribution >= 4 is 29.0 Å². The Kier molecular flexibility index (Phi) is 5.70. The average molecular weight is 471 g/mol. The number of nitrogens with zero attached hydrogens (tertiary/aromatic N) is 3. The maximum absolute atomic E-state index is 12.8. The Morgan fingerprint density at radius 1 is 1.06 bits per heavy atom. The smallest absolute Gasteiger partial charge is 0.255 e. The number of fused-ring (bicyclic) bond motifs is 1. The molecule has 4 aromatic rings. The molecule has 0 aliphatic heterocycles. The predicted octanol–water partition coefficient (Wildman–Crippen LogP) is 4.32. The maximum atomic E-state index is 12.8. The Bertz CT molecular complexity index is 1400. The van der Waals surface area contributed by atoms with E-state index in [1.807, 2.05) is 38.1 Å². The summed E-state index contributed by atoms with van der Waals surface area (Å²) in [6.45, 7) is 3.86. The van der Waals surface area contributed by atoms with Gasteiger partial charge in [0.1, 0.15) is 5.75 Å². The Morgan fingerprint density at radius 2 is 1.83 bits per heavy atom. The molecule has 1 aliphatic rings. The SMILES string of the molecule is CC(C)(N)c1ccc(NC(=O)c2cccc(Oc3ccc4nc(NC(=O)C5CC5)cn4n3)c2)cc1. The first kappa shape index (κ1) is 22.5. The summed E-state index contributed by atoms with van der Waals surface area (Å²) in [6.07, 6.45) is 3.49. The zero-order valence-corrected chi connectivity index (χ0v) is 19.5. The van der Waals surface area contributed by atoms with Crippen LogP contribution in [0.2, 0.25) is 0 Å². The first-order chi connectivity index (χ1) is 16.7. The van der Waals surface area contributed by atoms with Crippen molar-refractivity contribution in [1.29, 1.82) is 0 Å². The van der Waals surface area contributed by atoms with E-state index in [0.29, 0.717) is 34.3 Å². The lowest BCUT2D eigenvalue weighted by molar-refractivity contribution is -0.117. The lowest BCUT2D eigenvalue weighted by atomic mass is 9.95. The van der Waals surface area contributed by atoms with Gasteiger partial charge in [0.2, 0.25) is 11.8 Å². The first-order valence-electron chi connectivity index (χ1n) is 11.4. The number of benzene rings is 2. The molecule has 9 nitrogen and oxygen atoms in total. The molecule has 2 aromatic heterocycles. The number of carbonyl (C=O) groups excluding carboxylic acids is 2. The summed E-state index contributed by atoms with van der Waals surface area (Å²) in [6, 6.07) is 17.7. The van der Waals surface area contributed by atoms with Crippen molar-refractivity contribution in [1.82, 2.24) is 14.6 Å². The third kappa shape index (κ3) is 5.30. The van der Waals surface area contributed by atoms with Crippen LogP contribution in [0.3, 0.4) is 0 Å². The normalized spacial score (nSPS) is 13.5. The minimum atomic E-state index is -0.450. The molecule has 4 N–H and O–H groups in total. The zero-order chi connectivity index (χ0) is 24.6. The highest BCUT2D eigenvalue weighted by Crippen LogP contribution is 2.30. The fourth-order valence-corrected chi connectivity index (χ4v) is 3.56. The summed E-state index contributed by atoms with van der Waals surface area (Å²) in [5.74, 6) is 1.06. The van der Waals surface area contributed by atoms with E-state index in [4.69, 9.17) is 10.5 Å². The van der Waals surface area contributed by atoms with Crippen LogP contribution in [0.15, 0.2) is 66.9 Å². The van der Waals surface area contributed by atoms with Gasteiger partial charge in [-0.3, -0.25) is 9.59 Å². The number of imidazole rings is 1. The first-order valence-corrected chi connectivity index (χ1v) is 11.4. The molecule has 0 atom stereocenters. The molecule has 35 heavy (non-hydrogen) atoms. The van der Waals surface area contributed by atoms with Crippen molar-refractivity contribution in [3.05, 3.63) is 78.0 Å². The fraction of sp³-hybridized carbons (Fsp3) is 0.231. The van der Waals surface area contributed by atoms with Gasteiger partial charge in [0.25, 0.3) is 5.91 Å². The molecule has 9 heteroatoms. The number of rotatable bonds is 7. The summed E-state index contributed by atoms with van der Waals surface area (Å²) in [5.41, 5.74) is 8.34. The van der Waals surface area contributed by atoms with Crippen LogP contribution in [0, 0.1) is 5.92 Å². The molecule has 0 spiro atoms. The number of nitrogens with one attached hydrogen (secondary N) is 2. The lowest BCUT2D eigenvalue weighted by Gasteiger charge is -2.19. The highest BCUT2D eigenvalue weighted by Gasteiger charge is 2.30. The second kappa shape index (κ2) is 8.84. The van der Waals surface area contributed by atoms with Crippen molar-refractivity contribution < 1.29 is 14.3 Å². The van der Waals surface area contributed by atoms with Crippen molar-refractivity contribution in [3.63, 3.8) is 0 Å². The van der Waals surface area contributed by atoms with Crippen LogP contribution in [-0.2, 0) is 10.3 Å². The van der Waals surface area contributed by atoms with Gasteiger partial charge in [0.05, 0.1) is 6.20 Å². The molecular weight excluding hydrogens is 444 g/mol. The van der Waals surface area contributed by atoms with Crippen molar-refractivity contribution in [2.75, 3.05) is 10.6 Å². The van der Waals surface area contributed by atoms with Crippen LogP contribution in [0.4, 0.5) is 11.5 Å². The van der Waals surface area contributed by atoms with Gasteiger partial charge in [0.15, 0.2) is 11.5 Å². The van der Waals surface area contributed by atoms with E-state index in [0.717, 1.165) is 18.4 Å². The summed E-state index contributed by atoms with van der Waals surface area (Å²) < 4.78 is 7.42. The minimum Gasteiger partial charge on any atom is -0.438 e. The molecule has 178 valence electrons. The molecule has 5 rings (SSSR count). The summed E-state index contributed by atoms with van der Waals surface area (Å²) in [5, 5.41) is 10.1. The van der Waals surface area contributed by atoms with Crippen LogP contribution in [0.25, 0.3) is 5.65 Å². The highest BCUT2D eigenvalue weighted by molar-refractivity contribution is 6.04. The Labute approximate surface area is 202 Å². The van der Waals surface area contributed by atoms with Crippen LogP contribution >= 0.6 is 0 Å². The van der Waals surface area contributed by atoms with Gasteiger partial charge in [-0.15, -0.1) is 5.10 Å². The van der Waals surface area contributed by atoms with Gasteiger partial charge in [0, 0.05) is 28.8 Å². The molecule has 1 saturated carbocycles. The fourth-order valence-electron chi connectivity index (χ4n) is 3.56. The van der Waals surface area contributed by atoms with Gasteiger partial charge >= 0.3 is 0 Å². The third-order valence-corrected chi connectivity index (χ3v) is 5.70.